The lowest BCUT2D eigenvalue weighted by Crippen LogP contribution is -2.13. The van der Waals surface area contributed by atoms with Crippen LogP contribution in [-0.2, 0) is 4.74 Å². The summed E-state index contributed by atoms with van der Waals surface area (Å²) in [7, 11) is 0. The van der Waals surface area contributed by atoms with Crippen LogP contribution in [-0.4, -0.2) is 36.8 Å². The average molecular weight is 354 g/mol. The zero-order chi connectivity index (χ0) is 17.5. The van der Waals surface area contributed by atoms with Crippen molar-refractivity contribution in [3.63, 3.8) is 0 Å². The first kappa shape index (κ1) is 17.8. The molecule has 24 heavy (non-hydrogen) atoms. The molecule has 2 N–H and O–H groups in total. The van der Waals surface area contributed by atoms with Gasteiger partial charge in [0.2, 0.25) is 0 Å². The van der Waals surface area contributed by atoms with Crippen molar-refractivity contribution in [2.75, 3.05) is 25.1 Å². The van der Waals surface area contributed by atoms with Crippen LogP contribution >= 0.6 is 11.6 Å². The molecule has 0 aliphatic carbocycles. The molecule has 1 aromatic heterocycles. The number of benzene rings is 1. The quantitative estimate of drug-likeness (QED) is 0.706. The van der Waals surface area contributed by atoms with Crippen LogP contribution in [0.1, 0.15) is 27.8 Å². The zero-order valence-electron chi connectivity index (χ0n) is 12.9. The van der Waals surface area contributed by atoms with E-state index in [1.165, 1.54) is 0 Å². The highest BCUT2D eigenvalue weighted by Crippen LogP contribution is 2.33. The van der Waals surface area contributed by atoms with Crippen LogP contribution in [0.3, 0.4) is 0 Å². The molecule has 0 aliphatic heterocycles. The summed E-state index contributed by atoms with van der Waals surface area (Å²) in [6, 6.07) is 6.03. The molecule has 0 saturated heterocycles. The number of aromatic carboxylic acids is 1. The number of furan rings is 1. The minimum absolute atomic E-state index is 0.112. The number of ether oxygens (including phenoxy) is 2. The minimum Gasteiger partial charge on any atom is -0.487 e. The molecule has 1 aromatic carbocycles. The molecule has 0 aliphatic rings. The molecule has 0 bridgehead atoms. The number of anilines is 1. The van der Waals surface area contributed by atoms with E-state index in [9.17, 15) is 9.59 Å². The molecule has 0 saturated carbocycles. The number of carboxylic acid groups (broad SMARTS) is 1. The third-order valence-electron chi connectivity index (χ3n) is 2.96. The fourth-order valence-corrected chi connectivity index (χ4v) is 2.08. The van der Waals surface area contributed by atoms with E-state index >= 15 is 0 Å². The normalized spacial score (nSPS) is 10.4. The van der Waals surface area contributed by atoms with E-state index in [4.69, 9.17) is 30.6 Å². The molecule has 7 nitrogen and oxygen atoms in total. The van der Waals surface area contributed by atoms with E-state index in [2.05, 4.69) is 5.32 Å². The van der Waals surface area contributed by atoms with Gasteiger partial charge in [-0.3, -0.25) is 4.79 Å². The van der Waals surface area contributed by atoms with Gasteiger partial charge in [0.25, 0.3) is 5.91 Å². The molecule has 2 aromatic rings. The monoisotopic (exact) mass is 353 g/mol. The highest BCUT2D eigenvalue weighted by molar-refractivity contribution is 6.32. The van der Waals surface area contributed by atoms with E-state index in [1.54, 1.807) is 18.2 Å². The summed E-state index contributed by atoms with van der Waals surface area (Å²) in [6.07, 6.45) is 0.995. The van der Waals surface area contributed by atoms with Crippen LogP contribution in [0.2, 0.25) is 5.02 Å². The molecule has 0 radical (unpaired) electrons. The van der Waals surface area contributed by atoms with E-state index in [0.717, 1.165) is 12.3 Å². The fourth-order valence-electron chi connectivity index (χ4n) is 1.85. The summed E-state index contributed by atoms with van der Waals surface area (Å²) in [5.74, 6) is -1.62. The maximum atomic E-state index is 12.2. The van der Waals surface area contributed by atoms with Gasteiger partial charge in [-0.25, -0.2) is 4.79 Å². The Kier molecular flexibility index (Phi) is 6.22. The fraction of sp³-hybridized carbons (Fsp3) is 0.250. The van der Waals surface area contributed by atoms with Crippen LogP contribution in [0.15, 0.2) is 34.9 Å². The van der Waals surface area contributed by atoms with Gasteiger partial charge in [0, 0.05) is 12.7 Å². The van der Waals surface area contributed by atoms with Crippen molar-refractivity contribution in [2.24, 2.45) is 0 Å². The van der Waals surface area contributed by atoms with Crippen molar-refractivity contribution in [1.29, 1.82) is 0 Å². The standard InChI is InChI=1S/C16H16ClNO6/c1-2-22-6-7-23-14-11(17)4-3-5-12(14)18-15(19)13-8-10(9-24-13)16(20)21/h3-5,8-9H,2,6-7H2,1H3,(H,18,19)(H,20,21). The van der Waals surface area contributed by atoms with Gasteiger partial charge in [0.1, 0.15) is 12.9 Å². The summed E-state index contributed by atoms with van der Waals surface area (Å²) in [5.41, 5.74) is 0.233. The van der Waals surface area contributed by atoms with Crippen molar-refractivity contribution in [1.82, 2.24) is 0 Å². The number of carbonyl (C=O) groups is 2. The van der Waals surface area contributed by atoms with Crippen molar-refractivity contribution in [3.8, 4) is 5.75 Å². The van der Waals surface area contributed by atoms with Gasteiger partial charge in [-0.2, -0.15) is 0 Å². The summed E-state index contributed by atoms with van der Waals surface area (Å²) in [4.78, 5) is 23.0. The van der Waals surface area contributed by atoms with E-state index in [-0.39, 0.29) is 17.9 Å². The molecule has 0 spiro atoms. The van der Waals surface area contributed by atoms with Gasteiger partial charge in [0.15, 0.2) is 11.5 Å². The Labute approximate surface area is 143 Å². The molecule has 2 rings (SSSR count). The molecule has 8 heteroatoms. The Bertz CT molecular complexity index is 727. The second kappa shape index (κ2) is 8.37. The minimum atomic E-state index is -1.18. The molecule has 1 heterocycles. The Morgan fingerprint density at radius 1 is 1.33 bits per heavy atom. The Morgan fingerprint density at radius 3 is 2.79 bits per heavy atom. The van der Waals surface area contributed by atoms with Gasteiger partial charge in [-0.15, -0.1) is 0 Å². The number of halogens is 1. The van der Waals surface area contributed by atoms with Gasteiger partial charge in [0.05, 0.1) is 22.9 Å². The number of hydrogen-bond acceptors (Lipinski definition) is 5. The average Bonchev–Trinajstić information content (AvgIpc) is 3.04. The lowest BCUT2D eigenvalue weighted by Gasteiger charge is -2.13. The predicted molar refractivity (Wildman–Crippen MR) is 87.1 cm³/mol. The third-order valence-corrected chi connectivity index (χ3v) is 3.26. The molecule has 128 valence electrons. The summed E-state index contributed by atoms with van der Waals surface area (Å²) >= 11 is 6.10. The van der Waals surface area contributed by atoms with Gasteiger partial charge in [-0.05, 0) is 19.1 Å². The smallest absolute Gasteiger partial charge is 0.338 e. The Balaban J connectivity index is 2.11. The second-order valence-electron chi connectivity index (χ2n) is 4.62. The maximum Gasteiger partial charge on any atom is 0.338 e. The van der Waals surface area contributed by atoms with Crippen molar-refractivity contribution >= 4 is 29.2 Å². The van der Waals surface area contributed by atoms with Crippen LogP contribution in [0.4, 0.5) is 5.69 Å². The van der Waals surface area contributed by atoms with Gasteiger partial charge in [-0.1, -0.05) is 17.7 Å². The first-order valence-electron chi connectivity index (χ1n) is 7.15. The number of para-hydroxylation sites is 1. The predicted octanol–water partition coefficient (Wildman–Crippen LogP) is 3.30. The summed E-state index contributed by atoms with van der Waals surface area (Å²) < 4.78 is 15.7. The van der Waals surface area contributed by atoms with E-state index < -0.39 is 11.9 Å². The number of rotatable bonds is 8. The lowest BCUT2D eigenvalue weighted by molar-refractivity contribution is 0.0696. The van der Waals surface area contributed by atoms with Crippen LogP contribution in [0.5, 0.6) is 5.75 Å². The first-order valence-corrected chi connectivity index (χ1v) is 7.53. The summed E-state index contributed by atoms with van der Waals surface area (Å²) in [5, 5.41) is 11.8. The largest absolute Gasteiger partial charge is 0.487 e. The van der Waals surface area contributed by atoms with Crippen molar-refractivity contribution in [2.45, 2.75) is 6.92 Å². The Morgan fingerprint density at radius 2 is 2.12 bits per heavy atom. The van der Waals surface area contributed by atoms with E-state index in [0.29, 0.717) is 29.7 Å². The van der Waals surface area contributed by atoms with Crippen LogP contribution in [0.25, 0.3) is 0 Å². The molecule has 0 fully saturated rings. The highest BCUT2D eigenvalue weighted by Gasteiger charge is 2.17. The van der Waals surface area contributed by atoms with E-state index in [1.807, 2.05) is 6.92 Å². The van der Waals surface area contributed by atoms with Gasteiger partial charge < -0.3 is 24.3 Å². The number of nitrogens with one attached hydrogen (secondary N) is 1. The lowest BCUT2D eigenvalue weighted by atomic mass is 10.2. The first-order chi connectivity index (χ1) is 11.5. The van der Waals surface area contributed by atoms with Crippen LogP contribution in [0, 0.1) is 0 Å². The van der Waals surface area contributed by atoms with Crippen molar-refractivity contribution < 1.29 is 28.6 Å². The molecule has 0 unspecified atom stereocenters. The summed E-state index contributed by atoms with van der Waals surface area (Å²) in [6.45, 7) is 3.09. The Hall–Kier alpha value is -2.51. The molecular weight excluding hydrogens is 338 g/mol. The molecule has 1 amide bonds. The van der Waals surface area contributed by atoms with Crippen molar-refractivity contribution in [3.05, 3.63) is 46.9 Å². The SMILES string of the molecule is CCOCCOc1c(Cl)cccc1NC(=O)c1cc(C(=O)O)co1. The number of amides is 1. The topological polar surface area (TPSA) is 98.0 Å². The number of carbonyl (C=O) groups excluding carboxylic acids is 1. The zero-order valence-corrected chi connectivity index (χ0v) is 13.6. The third kappa shape index (κ3) is 4.50. The maximum absolute atomic E-state index is 12.2. The van der Waals surface area contributed by atoms with Crippen LogP contribution < -0.4 is 10.1 Å². The number of hydrogen-bond donors (Lipinski definition) is 2. The second-order valence-corrected chi connectivity index (χ2v) is 5.03. The number of carboxylic acids is 1. The molecule has 0 atom stereocenters. The molecular formula is C16H16ClNO6. The highest BCUT2D eigenvalue weighted by atomic mass is 35.5. The van der Waals surface area contributed by atoms with Gasteiger partial charge >= 0.3 is 5.97 Å².